The topological polar surface area (TPSA) is 61.9 Å². The fourth-order valence-corrected chi connectivity index (χ4v) is 3.38. The summed E-state index contributed by atoms with van der Waals surface area (Å²) in [4.78, 5) is 28.0. The third-order valence-electron chi connectivity index (χ3n) is 4.68. The highest BCUT2D eigenvalue weighted by molar-refractivity contribution is 5.94. The first-order valence-electron chi connectivity index (χ1n) is 9.07. The van der Waals surface area contributed by atoms with E-state index in [0.29, 0.717) is 24.5 Å². The van der Waals surface area contributed by atoms with E-state index in [9.17, 15) is 9.59 Å². The fraction of sp³-hybridized carbons (Fsp3) is 0.579. The number of nitrogens with zero attached hydrogens (tertiary/aromatic N) is 2. The quantitative estimate of drug-likeness (QED) is 0.883. The summed E-state index contributed by atoms with van der Waals surface area (Å²) in [6, 6.07) is 5.57. The first-order chi connectivity index (χ1) is 12.0. The molecule has 0 aliphatic carbocycles. The van der Waals surface area contributed by atoms with Crippen molar-refractivity contribution >= 4 is 17.5 Å². The molecule has 1 fully saturated rings. The molecule has 0 spiro atoms. The minimum Gasteiger partial charge on any atom is -0.484 e. The summed E-state index contributed by atoms with van der Waals surface area (Å²) in [7, 11) is 0. The molecule has 1 N–H and O–H groups in total. The molecule has 2 heterocycles. The van der Waals surface area contributed by atoms with Crippen LogP contribution in [-0.2, 0) is 16.0 Å². The number of piperazine rings is 1. The van der Waals surface area contributed by atoms with Gasteiger partial charge in [0.25, 0.3) is 5.91 Å². The number of nitrogens with one attached hydrogen (secondary N) is 1. The summed E-state index contributed by atoms with van der Waals surface area (Å²) < 4.78 is 5.69. The van der Waals surface area contributed by atoms with Crippen LogP contribution in [0.2, 0.25) is 0 Å². The number of aryl methyl sites for hydroxylation is 1. The van der Waals surface area contributed by atoms with Gasteiger partial charge in [-0.25, -0.2) is 0 Å². The second kappa shape index (κ2) is 7.87. The molecule has 2 aliphatic rings. The number of benzene rings is 1. The van der Waals surface area contributed by atoms with Gasteiger partial charge in [0.15, 0.2) is 6.61 Å². The molecular weight excluding hydrogens is 318 g/mol. The van der Waals surface area contributed by atoms with Gasteiger partial charge in [0.2, 0.25) is 5.91 Å². The summed E-state index contributed by atoms with van der Waals surface area (Å²) in [5, 5.41) is 2.85. The van der Waals surface area contributed by atoms with Crippen LogP contribution in [0.25, 0.3) is 0 Å². The van der Waals surface area contributed by atoms with Crippen LogP contribution in [0.3, 0.4) is 0 Å². The van der Waals surface area contributed by atoms with Crippen LogP contribution in [-0.4, -0.2) is 60.9 Å². The third kappa shape index (κ3) is 4.72. The highest BCUT2D eigenvalue weighted by atomic mass is 16.5. The van der Waals surface area contributed by atoms with Gasteiger partial charge in [0.05, 0.1) is 0 Å². The van der Waals surface area contributed by atoms with E-state index in [-0.39, 0.29) is 18.4 Å². The smallest absolute Gasteiger partial charge is 0.260 e. The molecule has 1 saturated heterocycles. The van der Waals surface area contributed by atoms with E-state index < -0.39 is 0 Å². The number of hydrogen-bond donors (Lipinski definition) is 1. The van der Waals surface area contributed by atoms with Crippen LogP contribution in [0.5, 0.6) is 5.75 Å². The Labute approximate surface area is 149 Å². The lowest BCUT2D eigenvalue weighted by molar-refractivity contribution is -0.135. The van der Waals surface area contributed by atoms with E-state index in [1.165, 1.54) is 0 Å². The molecule has 0 saturated carbocycles. The van der Waals surface area contributed by atoms with E-state index in [0.717, 1.165) is 44.0 Å². The maximum Gasteiger partial charge on any atom is 0.260 e. The summed E-state index contributed by atoms with van der Waals surface area (Å²) in [5.41, 5.74) is 1.91. The lowest BCUT2D eigenvalue weighted by Gasteiger charge is -2.35. The largest absolute Gasteiger partial charge is 0.484 e. The third-order valence-corrected chi connectivity index (χ3v) is 4.68. The van der Waals surface area contributed by atoms with Gasteiger partial charge in [-0.3, -0.25) is 14.5 Å². The average Bonchev–Trinajstić information content (AvgIpc) is 2.59. The maximum atomic E-state index is 12.4. The van der Waals surface area contributed by atoms with Crippen molar-refractivity contribution in [3.8, 4) is 5.75 Å². The Kier molecular flexibility index (Phi) is 5.58. The molecule has 136 valence electrons. The minimum absolute atomic E-state index is 0.0372. The lowest BCUT2D eigenvalue weighted by Crippen LogP contribution is -2.50. The van der Waals surface area contributed by atoms with Crippen LogP contribution in [0.4, 0.5) is 5.69 Å². The van der Waals surface area contributed by atoms with Crippen LogP contribution in [0.15, 0.2) is 18.2 Å². The Morgan fingerprint density at radius 2 is 1.96 bits per heavy atom. The van der Waals surface area contributed by atoms with Crippen LogP contribution in [0.1, 0.15) is 25.8 Å². The van der Waals surface area contributed by atoms with Crippen molar-refractivity contribution < 1.29 is 14.3 Å². The van der Waals surface area contributed by atoms with Gasteiger partial charge in [-0.1, -0.05) is 13.8 Å². The molecular formula is C19H27N3O3. The number of carbonyl (C=O) groups is 2. The van der Waals surface area contributed by atoms with Gasteiger partial charge in [-0.05, 0) is 36.1 Å². The average molecular weight is 345 g/mol. The van der Waals surface area contributed by atoms with Crippen LogP contribution in [0, 0.1) is 5.92 Å². The highest BCUT2D eigenvalue weighted by Gasteiger charge is 2.22. The van der Waals surface area contributed by atoms with E-state index in [1.54, 1.807) is 6.07 Å². The molecule has 6 heteroatoms. The monoisotopic (exact) mass is 345 g/mol. The van der Waals surface area contributed by atoms with Crippen LogP contribution >= 0.6 is 0 Å². The molecule has 25 heavy (non-hydrogen) atoms. The molecule has 0 aromatic heterocycles. The zero-order chi connectivity index (χ0) is 17.8. The Morgan fingerprint density at radius 3 is 2.68 bits per heavy atom. The van der Waals surface area contributed by atoms with Crippen molar-refractivity contribution in [3.63, 3.8) is 0 Å². The summed E-state index contributed by atoms with van der Waals surface area (Å²) >= 11 is 0. The van der Waals surface area contributed by atoms with E-state index in [4.69, 9.17) is 4.74 Å². The fourth-order valence-electron chi connectivity index (χ4n) is 3.38. The van der Waals surface area contributed by atoms with Gasteiger partial charge >= 0.3 is 0 Å². The molecule has 2 aliphatic heterocycles. The van der Waals surface area contributed by atoms with Crippen molar-refractivity contribution in [1.82, 2.24) is 9.80 Å². The van der Waals surface area contributed by atoms with Gasteiger partial charge in [0.1, 0.15) is 5.75 Å². The number of fused-ring (bicyclic) bond motifs is 1. The zero-order valence-corrected chi connectivity index (χ0v) is 15.1. The molecule has 0 unspecified atom stereocenters. The van der Waals surface area contributed by atoms with E-state index >= 15 is 0 Å². The van der Waals surface area contributed by atoms with Crippen molar-refractivity contribution in [2.24, 2.45) is 5.92 Å². The molecule has 0 bridgehead atoms. The second-order valence-electron chi connectivity index (χ2n) is 7.23. The van der Waals surface area contributed by atoms with Gasteiger partial charge < -0.3 is 15.0 Å². The van der Waals surface area contributed by atoms with Crippen molar-refractivity contribution in [2.75, 3.05) is 44.6 Å². The maximum absolute atomic E-state index is 12.4. The number of rotatable bonds is 5. The van der Waals surface area contributed by atoms with E-state index in [1.807, 2.05) is 17.0 Å². The Balaban J connectivity index is 1.47. The summed E-state index contributed by atoms with van der Waals surface area (Å²) in [6.07, 6.45) is 1.21. The molecule has 0 atom stereocenters. The lowest BCUT2D eigenvalue weighted by atomic mass is 10.0. The molecule has 6 nitrogen and oxygen atoms in total. The first-order valence-corrected chi connectivity index (χ1v) is 9.07. The van der Waals surface area contributed by atoms with Gasteiger partial charge in [-0.15, -0.1) is 0 Å². The molecule has 2 amide bonds. The second-order valence-corrected chi connectivity index (χ2v) is 7.23. The molecule has 0 radical (unpaired) electrons. The Bertz CT molecular complexity index is 637. The van der Waals surface area contributed by atoms with Gasteiger partial charge in [-0.2, -0.15) is 0 Å². The molecule has 1 aromatic carbocycles. The highest BCUT2D eigenvalue weighted by Crippen LogP contribution is 2.26. The van der Waals surface area contributed by atoms with E-state index in [2.05, 4.69) is 24.1 Å². The van der Waals surface area contributed by atoms with Crippen molar-refractivity contribution in [2.45, 2.75) is 26.7 Å². The summed E-state index contributed by atoms with van der Waals surface area (Å²) in [6.45, 7) is 8.99. The number of amides is 2. The Hall–Kier alpha value is -2.08. The number of anilines is 1. The number of carbonyl (C=O) groups excluding carboxylic acids is 2. The summed E-state index contributed by atoms with van der Waals surface area (Å²) in [5.74, 6) is 1.42. The standard InChI is InChI=1S/C19H27N3O3/c1-14(2)12-21-7-9-22(10-8-21)19(24)13-25-16-4-5-17-15(11-16)3-6-18(23)20-17/h4-5,11,14H,3,6-10,12-13H2,1-2H3,(H,20,23). The van der Waals surface area contributed by atoms with Crippen molar-refractivity contribution in [1.29, 1.82) is 0 Å². The number of ether oxygens (including phenoxy) is 1. The molecule has 1 aromatic rings. The zero-order valence-electron chi connectivity index (χ0n) is 15.1. The predicted molar refractivity (Wildman–Crippen MR) is 96.7 cm³/mol. The first kappa shape index (κ1) is 17.7. The Morgan fingerprint density at radius 1 is 1.20 bits per heavy atom. The predicted octanol–water partition coefficient (Wildman–Crippen LogP) is 1.75. The van der Waals surface area contributed by atoms with Crippen LogP contribution < -0.4 is 10.1 Å². The minimum atomic E-state index is 0.0372. The number of hydrogen-bond acceptors (Lipinski definition) is 4. The van der Waals surface area contributed by atoms with Crippen molar-refractivity contribution in [3.05, 3.63) is 23.8 Å². The molecule has 3 rings (SSSR count). The SMILES string of the molecule is CC(C)CN1CCN(C(=O)COc2ccc3c(c2)CCC(=O)N3)CC1. The normalized spacial score (nSPS) is 18.0. The van der Waals surface area contributed by atoms with Gasteiger partial charge in [0, 0.05) is 44.8 Å².